The fourth-order valence-electron chi connectivity index (χ4n) is 2.04. The van der Waals surface area contributed by atoms with E-state index in [2.05, 4.69) is 0 Å². The third-order valence-electron chi connectivity index (χ3n) is 2.98. The third kappa shape index (κ3) is 5.65. The summed E-state index contributed by atoms with van der Waals surface area (Å²) in [6.45, 7) is 4.55. The molecule has 0 radical (unpaired) electrons. The molecule has 6 heteroatoms. The summed E-state index contributed by atoms with van der Waals surface area (Å²) in [6.07, 6.45) is 0.985. The summed E-state index contributed by atoms with van der Waals surface area (Å²) in [7, 11) is 3.05. The number of rotatable bonds is 7. The number of ether oxygens (including phenoxy) is 4. The van der Waals surface area contributed by atoms with Gasteiger partial charge in [0.1, 0.15) is 18.1 Å². The summed E-state index contributed by atoms with van der Waals surface area (Å²) >= 11 is 0. The summed E-state index contributed by atoms with van der Waals surface area (Å²) in [4.78, 5) is 22.4. The van der Waals surface area contributed by atoms with E-state index in [-0.39, 0.29) is 12.6 Å². The van der Waals surface area contributed by atoms with Gasteiger partial charge in [0, 0.05) is 13.8 Å². The van der Waals surface area contributed by atoms with Gasteiger partial charge >= 0.3 is 11.9 Å². The van der Waals surface area contributed by atoms with Gasteiger partial charge in [0.15, 0.2) is 6.10 Å². The maximum absolute atomic E-state index is 11.5. The molecular formula is C17H22O6. The highest BCUT2D eigenvalue weighted by molar-refractivity contribution is 5.67. The second-order valence-electron chi connectivity index (χ2n) is 4.90. The second kappa shape index (κ2) is 8.82. The molecule has 1 aromatic carbocycles. The summed E-state index contributed by atoms with van der Waals surface area (Å²) < 4.78 is 21.0. The number of carbonyl (C=O) groups excluding carboxylic acids is 2. The average Bonchev–Trinajstić information content (AvgIpc) is 2.50. The quantitative estimate of drug-likeness (QED) is 0.568. The van der Waals surface area contributed by atoms with Gasteiger partial charge in [-0.1, -0.05) is 6.07 Å². The molecule has 0 saturated heterocycles. The first-order valence-corrected chi connectivity index (χ1v) is 7.07. The average molecular weight is 322 g/mol. The highest BCUT2D eigenvalue weighted by Gasteiger charge is 2.22. The van der Waals surface area contributed by atoms with Crippen molar-refractivity contribution in [2.75, 3.05) is 20.8 Å². The number of hydrogen-bond donors (Lipinski definition) is 0. The number of methoxy groups -OCH3 is 2. The predicted octanol–water partition coefficient (Wildman–Crippen LogP) is 2.82. The van der Waals surface area contributed by atoms with Crippen LogP contribution in [0, 0.1) is 0 Å². The van der Waals surface area contributed by atoms with E-state index < -0.39 is 12.1 Å². The maximum Gasteiger partial charge on any atom is 0.303 e. The Hall–Kier alpha value is -2.50. The molecule has 0 aromatic heterocycles. The maximum atomic E-state index is 11.5. The lowest BCUT2D eigenvalue weighted by Crippen LogP contribution is -2.11. The van der Waals surface area contributed by atoms with Crippen LogP contribution in [0.25, 0.3) is 0 Å². The largest absolute Gasteiger partial charge is 0.496 e. The van der Waals surface area contributed by atoms with Crippen LogP contribution < -0.4 is 9.47 Å². The van der Waals surface area contributed by atoms with Crippen LogP contribution in [0.5, 0.6) is 11.5 Å². The Morgan fingerprint density at radius 1 is 1.04 bits per heavy atom. The molecular weight excluding hydrogens is 300 g/mol. The first-order valence-electron chi connectivity index (χ1n) is 7.07. The van der Waals surface area contributed by atoms with Crippen molar-refractivity contribution in [1.82, 2.24) is 0 Å². The topological polar surface area (TPSA) is 71.1 Å². The van der Waals surface area contributed by atoms with Crippen LogP contribution in [0.4, 0.5) is 0 Å². The van der Waals surface area contributed by atoms with Crippen molar-refractivity contribution in [3.8, 4) is 11.5 Å². The highest BCUT2D eigenvalue weighted by atomic mass is 16.5. The zero-order chi connectivity index (χ0) is 17.4. The van der Waals surface area contributed by atoms with Gasteiger partial charge in [-0.05, 0) is 30.7 Å². The minimum atomic E-state index is -0.714. The first-order chi connectivity index (χ1) is 10.9. The van der Waals surface area contributed by atoms with Gasteiger partial charge in [0.05, 0.1) is 19.8 Å². The molecule has 0 fully saturated rings. The molecule has 0 saturated carbocycles. The van der Waals surface area contributed by atoms with E-state index in [9.17, 15) is 9.59 Å². The van der Waals surface area contributed by atoms with Crippen molar-refractivity contribution in [2.24, 2.45) is 0 Å². The minimum absolute atomic E-state index is 0.116. The number of esters is 2. The molecule has 0 amide bonds. The first kappa shape index (κ1) is 18.5. The Bertz CT molecular complexity index is 568. The normalized spacial score (nSPS) is 12.3. The van der Waals surface area contributed by atoms with E-state index in [0.717, 1.165) is 5.57 Å². The standard InChI is InChI=1S/C17H22O6/c1-11(10-22-12(2)18)9-16(23-13(3)19)17-14(20-4)7-6-8-15(17)21-5/h6-9,16H,10H2,1-5H3. The number of carbonyl (C=O) groups is 2. The molecule has 0 heterocycles. The summed E-state index contributed by atoms with van der Waals surface area (Å²) in [5, 5.41) is 0. The van der Waals surface area contributed by atoms with Gasteiger partial charge < -0.3 is 18.9 Å². The monoisotopic (exact) mass is 322 g/mol. The lowest BCUT2D eigenvalue weighted by molar-refractivity contribution is -0.145. The molecule has 1 atom stereocenters. The Morgan fingerprint density at radius 2 is 1.61 bits per heavy atom. The van der Waals surface area contributed by atoms with Crippen LogP contribution in [0.3, 0.4) is 0 Å². The van der Waals surface area contributed by atoms with Crippen LogP contribution in [0.1, 0.15) is 32.4 Å². The van der Waals surface area contributed by atoms with Crippen molar-refractivity contribution in [1.29, 1.82) is 0 Å². The Balaban J connectivity index is 3.23. The van der Waals surface area contributed by atoms with Crippen LogP contribution in [-0.2, 0) is 19.1 Å². The third-order valence-corrected chi connectivity index (χ3v) is 2.98. The molecule has 6 nitrogen and oxygen atoms in total. The minimum Gasteiger partial charge on any atom is -0.496 e. The molecule has 0 spiro atoms. The van der Waals surface area contributed by atoms with E-state index in [1.54, 1.807) is 31.2 Å². The van der Waals surface area contributed by atoms with Crippen molar-refractivity contribution in [3.63, 3.8) is 0 Å². The highest BCUT2D eigenvalue weighted by Crippen LogP contribution is 2.37. The molecule has 0 N–H and O–H groups in total. The van der Waals surface area contributed by atoms with Gasteiger partial charge in [0.2, 0.25) is 0 Å². The molecule has 0 bridgehead atoms. The van der Waals surface area contributed by atoms with E-state index in [4.69, 9.17) is 18.9 Å². The van der Waals surface area contributed by atoms with Gasteiger partial charge in [-0.2, -0.15) is 0 Å². The predicted molar refractivity (Wildman–Crippen MR) is 84.4 cm³/mol. The molecule has 23 heavy (non-hydrogen) atoms. The molecule has 1 rings (SSSR count). The molecule has 126 valence electrons. The smallest absolute Gasteiger partial charge is 0.303 e. The van der Waals surface area contributed by atoms with Crippen LogP contribution in [0.2, 0.25) is 0 Å². The van der Waals surface area contributed by atoms with Crippen LogP contribution in [0.15, 0.2) is 29.8 Å². The molecule has 1 aromatic rings. The number of hydrogen-bond acceptors (Lipinski definition) is 6. The van der Waals surface area contributed by atoms with E-state index in [1.165, 1.54) is 28.1 Å². The van der Waals surface area contributed by atoms with E-state index >= 15 is 0 Å². The van der Waals surface area contributed by atoms with Gasteiger partial charge in [0.25, 0.3) is 0 Å². The SMILES string of the molecule is COc1cccc(OC)c1C(C=C(C)COC(C)=O)OC(C)=O. The van der Waals surface area contributed by atoms with Crippen LogP contribution in [-0.4, -0.2) is 32.8 Å². The molecule has 0 aliphatic rings. The summed E-state index contributed by atoms with van der Waals surface area (Å²) in [5.74, 6) is 0.246. The molecule has 1 unspecified atom stereocenters. The Kier molecular flexibility index (Phi) is 7.12. The van der Waals surface area contributed by atoms with E-state index in [0.29, 0.717) is 17.1 Å². The zero-order valence-electron chi connectivity index (χ0n) is 14.0. The van der Waals surface area contributed by atoms with Gasteiger partial charge in [-0.15, -0.1) is 0 Å². The summed E-state index contributed by atoms with van der Waals surface area (Å²) in [6, 6.07) is 5.29. The van der Waals surface area contributed by atoms with Crippen molar-refractivity contribution >= 4 is 11.9 Å². The van der Waals surface area contributed by atoms with Crippen molar-refractivity contribution in [2.45, 2.75) is 26.9 Å². The van der Waals surface area contributed by atoms with Gasteiger partial charge in [-0.25, -0.2) is 0 Å². The number of benzene rings is 1. The summed E-state index contributed by atoms with van der Waals surface area (Å²) in [5.41, 5.74) is 1.33. The molecule has 0 aliphatic carbocycles. The fraction of sp³-hybridized carbons (Fsp3) is 0.412. The lowest BCUT2D eigenvalue weighted by Gasteiger charge is -2.20. The van der Waals surface area contributed by atoms with Gasteiger partial charge in [-0.3, -0.25) is 9.59 Å². The van der Waals surface area contributed by atoms with Crippen molar-refractivity contribution in [3.05, 3.63) is 35.4 Å². The lowest BCUT2D eigenvalue weighted by atomic mass is 10.0. The second-order valence-corrected chi connectivity index (χ2v) is 4.90. The van der Waals surface area contributed by atoms with Crippen molar-refractivity contribution < 1.29 is 28.5 Å². The van der Waals surface area contributed by atoms with Crippen LogP contribution >= 0.6 is 0 Å². The fourth-order valence-corrected chi connectivity index (χ4v) is 2.04. The zero-order valence-corrected chi connectivity index (χ0v) is 14.0. The Labute approximate surface area is 136 Å². The van der Waals surface area contributed by atoms with E-state index in [1.807, 2.05) is 0 Å². The molecule has 0 aliphatic heterocycles. The Morgan fingerprint density at radius 3 is 2.04 bits per heavy atom.